The summed E-state index contributed by atoms with van der Waals surface area (Å²) in [5.74, 6) is 0.428. The lowest BCUT2D eigenvalue weighted by atomic mass is 10.1. The zero-order valence-electron chi connectivity index (χ0n) is 14.7. The number of ether oxygens (including phenoxy) is 2. The first-order chi connectivity index (χ1) is 12.2. The molecule has 0 aliphatic carbocycles. The van der Waals surface area contributed by atoms with E-state index in [4.69, 9.17) is 15.2 Å². The number of halogens is 1. The minimum atomic E-state index is -0.326. The minimum Gasteiger partial charge on any atom is -0.489 e. The largest absolute Gasteiger partial charge is 0.489 e. The molecule has 26 heavy (non-hydrogen) atoms. The molecule has 0 saturated carbocycles. The number of hydrogen-bond acceptors (Lipinski definition) is 4. The maximum Gasteiger partial charge on any atom is 0.338 e. The molecule has 6 heteroatoms. The molecule has 1 heterocycles. The van der Waals surface area contributed by atoms with Gasteiger partial charge in [-0.3, -0.25) is 0 Å². The van der Waals surface area contributed by atoms with Crippen LogP contribution in [-0.4, -0.2) is 24.1 Å². The van der Waals surface area contributed by atoms with Gasteiger partial charge in [-0.05, 0) is 49.7 Å². The third kappa shape index (κ3) is 4.36. The summed E-state index contributed by atoms with van der Waals surface area (Å²) in [6.45, 7) is 3.05. The first-order valence-corrected chi connectivity index (χ1v) is 8.40. The number of hydrogen-bond donors (Lipinski definition) is 2. The standard InChI is InChI=1S/C20H22N2O3.ClH/c1-2-24-20(23)17-6-4-3-5-15(17)13-25-16-7-8-19-18(11-16)14(9-10-21)12-22-19;/h3-8,11-12,22H,2,9-10,13,21H2,1H3;1H. The van der Waals surface area contributed by atoms with Crippen molar-refractivity contribution in [3.63, 3.8) is 0 Å². The van der Waals surface area contributed by atoms with E-state index >= 15 is 0 Å². The number of rotatable bonds is 7. The summed E-state index contributed by atoms with van der Waals surface area (Å²) in [5, 5.41) is 1.11. The van der Waals surface area contributed by atoms with Crippen LogP contribution < -0.4 is 10.5 Å². The van der Waals surface area contributed by atoms with E-state index in [-0.39, 0.29) is 18.4 Å². The molecular weight excluding hydrogens is 352 g/mol. The zero-order valence-corrected chi connectivity index (χ0v) is 15.5. The summed E-state index contributed by atoms with van der Waals surface area (Å²) >= 11 is 0. The first-order valence-electron chi connectivity index (χ1n) is 8.40. The monoisotopic (exact) mass is 374 g/mol. The van der Waals surface area contributed by atoms with Crippen molar-refractivity contribution in [2.24, 2.45) is 5.73 Å². The van der Waals surface area contributed by atoms with Crippen LogP contribution in [0.25, 0.3) is 10.9 Å². The van der Waals surface area contributed by atoms with E-state index in [0.29, 0.717) is 25.3 Å². The Hall–Kier alpha value is -2.50. The van der Waals surface area contributed by atoms with Gasteiger partial charge < -0.3 is 20.2 Å². The highest BCUT2D eigenvalue weighted by Gasteiger charge is 2.12. The molecule has 0 fully saturated rings. The number of H-pyrrole nitrogens is 1. The van der Waals surface area contributed by atoms with Gasteiger partial charge in [0.15, 0.2) is 0 Å². The van der Waals surface area contributed by atoms with Gasteiger partial charge in [0.25, 0.3) is 0 Å². The second-order valence-corrected chi connectivity index (χ2v) is 5.73. The zero-order chi connectivity index (χ0) is 17.6. The third-order valence-corrected chi connectivity index (χ3v) is 4.06. The molecule has 138 valence electrons. The van der Waals surface area contributed by atoms with E-state index in [0.717, 1.165) is 28.6 Å². The van der Waals surface area contributed by atoms with Crippen LogP contribution in [0.3, 0.4) is 0 Å². The molecule has 0 atom stereocenters. The Bertz CT molecular complexity index is 876. The van der Waals surface area contributed by atoms with Gasteiger partial charge in [0.05, 0.1) is 12.2 Å². The quantitative estimate of drug-likeness (QED) is 0.616. The van der Waals surface area contributed by atoms with Crippen LogP contribution >= 0.6 is 12.4 Å². The van der Waals surface area contributed by atoms with Crippen molar-refractivity contribution >= 4 is 29.3 Å². The van der Waals surface area contributed by atoms with Gasteiger partial charge in [0, 0.05) is 22.7 Å². The van der Waals surface area contributed by atoms with Crippen LogP contribution in [0, 0.1) is 0 Å². The number of fused-ring (bicyclic) bond motifs is 1. The molecule has 2 aromatic carbocycles. The summed E-state index contributed by atoms with van der Waals surface area (Å²) in [7, 11) is 0. The van der Waals surface area contributed by atoms with Crippen molar-refractivity contribution in [2.45, 2.75) is 20.0 Å². The predicted octanol–water partition coefficient (Wildman–Crippen LogP) is 3.85. The topological polar surface area (TPSA) is 77.3 Å². The lowest BCUT2D eigenvalue weighted by molar-refractivity contribution is 0.0523. The average molecular weight is 375 g/mol. The van der Waals surface area contributed by atoms with Crippen molar-refractivity contribution in [3.8, 4) is 5.75 Å². The molecule has 0 spiro atoms. The number of benzene rings is 2. The Labute approximate surface area is 158 Å². The molecular formula is C20H23ClN2O3. The molecule has 0 radical (unpaired) electrons. The van der Waals surface area contributed by atoms with E-state index < -0.39 is 0 Å². The fourth-order valence-corrected chi connectivity index (χ4v) is 2.82. The van der Waals surface area contributed by atoms with Crippen LogP contribution in [0.1, 0.15) is 28.4 Å². The average Bonchev–Trinajstić information content (AvgIpc) is 3.03. The maximum atomic E-state index is 12.0. The Morgan fingerprint density at radius 3 is 2.73 bits per heavy atom. The molecule has 3 N–H and O–H groups in total. The second-order valence-electron chi connectivity index (χ2n) is 5.73. The molecule has 0 aliphatic heterocycles. The molecule has 0 saturated heterocycles. The predicted molar refractivity (Wildman–Crippen MR) is 105 cm³/mol. The van der Waals surface area contributed by atoms with Crippen LogP contribution in [-0.2, 0) is 17.8 Å². The van der Waals surface area contributed by atoms with Crippen molar-refractivity contribution in [2.75, 3.05) is 13.2 Å². The summed E-state index contributed by atoms with van der Waals surface area (Å²) in [4.78, 5) is 15.3. The smallest absolute Gasteiger partial charge is 0.338 e. The van der Waals surface area contributed by atoms with Crippen LogP contribution in [0.2, 0.25) is 0 Å². The van der Waals surface area contributed by atoms with E-state index in [9.17, 15) is 4.79 Å². The number of esters is 1. The number of nitrogens with one attached hydrogen (secondary N) is 1. The number of nitrogens with two attached hydrogens (primary N) is 1. The third-order valence-electron chi connectivity index (χ3n) is 4.06. The number of carbonyl (C=O) groups excluding carboxylic acids is 1. The Balaban J connectivity index is 0.00000243. The van der Waals surface area contributed by atoms with Crippen LogP contribution in [0.5, 0.6) is 5.75 Å². The normalized spacial score (nSPS) is 10.4. The molecule has 0 aliphatic rings. The summed E-state index contributed by atoms with van der Waals surface area (Å²) in [6, 6.07) is 13.2. The number of carbonyl (C=O) groups is 1. The lowest BCUT2D eigenvalue weighted by Crippen LogP contribution is -2.09. The highest BCUT2D eigenvalue weighted by molar-refractivity contribution is 5.91. The van der Waals surface area contributed by atoms with Gasteiger partial charge >= 0.3 is 5.97 Å². The molecule has 0 bridgehead atoms. The maximum absolute atomic E-state index is 12.0. The second kappa shape index (κ2) is 9.27. The lowest BCUT2D eigenvalue weighted by Gasteiger charge is -2.11. The van der Waals surface area contributed by atoms with Crippen LogP contribution in [0.4, 0.5) is 0 Å². The van der Waals surface area contributed by atoms with E-state index in [1.807, 2.05) is 42.6 Å². The fourth-order valence-electron chi connectivity index (χ4n) is 2.82. The molecule has 3 rings (SSSR count). The van der Waals surface area contributed by atoms with Gasteiger partial charge in [0.2, 0.25) is 0 Å². The SMILES string of the molecule is CCOC(=O)c1ccccc1COc1ccc2[nH]cc(CCN)c2c1.Cl. The highest BCUT2D eigenvalue weighted by Crippen LogP contribution is 2.25. The molecule has 1 aromatic heterocycles. The van der Waals surface area contributed by atoms with Gasteiger partial charge in [-0.25, -0.2) is 4.79 Å². The molecule has 5 nitrogen and oxygen atoms in total. The van der Waals surface area contributed by atoms with Gasteiger partial charge in [-0.2, -0.15) is 0 Å². The van der Waals surface area contributed by atoms with Crippen LogP contribution in [0.15, 0.2) is 48.7 Å². The van der Waals surface area contributed by atoms with Gasteiger partial charge in [-0.15, -0.1) is 12.4 Å². The van der Waals surface area contributed by atoms with Crippen molar-refractivity contribution in [3.05, 3.63) is 65.4 Å². The van der Waals surface area contributed by atoms with E-state index in [2.05, 4.69) is 4.98 Å². The Morgan fingerprint density at radius 2 is 1.96 bits per heavy atom. The Morgan fingerprint density at radius 1 is 1.15 bits per heavy atom. The molecule has 0 unspecified atom stereocenters. The van der Waals surface area contributed by atoms with Crippen molar-refractivity contribution < 1.29 is 14.3 Å². The minimum absolute atomic E-state index is 0. The first kappa shape index (κ1) is 19.8. The van der Waals surface area contributed by atoms with E-state index in [1.165, 1.54) is 5.56 Å². The summed E-state index contributed by atoms with van der Waals surface area (Å²) < 4.78 is 11.0. The van der Waals surface area contributed by atoms with Gasteiger partial charge in [0.1, 0.15) is 12.4 Å². The summed E-state index contributed by atoms with van der Waals surface area (Å²) in [6.07, 6.45) is 2.80. The fraction of sp³-hybridized carbons (Fsp3) is 0.250. The molecule has 3 aromatic rings. The Kier molecular flexibility index (Phi) is 7.06. The number of aromatic nitrogens is 1. The van der Waals surface area contributed by atoms with Gasteiger partial charge in [-0.1, -0.05) is 18.2 Å². The van der Waals surface area contributed by atoms with Crippen molar-refractivity contribution in [1.29, 1.82) is 0 Å². The molecule has 0 amide bonds. The highest BCUT2D eigenvalue weighted by atomic mass is 35.5. The van der Waals surface area contributed by atoms with Crippen molar-refractivity contribution in [1.82, 2.24) is 4.98 Å². The number of aromatic amines is 1. The van der Waals surface area contributed by atoms with E-state index in [1.54, 1.807) is 13.0 Å². The summed E-state index contributed by atoms with van der Waals surface area (Å²) in [5.41, 5.74) is 9.24.